The summed E-state index contributed by atoms with van der Waals surface area (Å²) in [6.07, 6.45) is 3.29. The van der Waals surface area contributed by atoms with Crippen molar-refractivity contribution in [3.05, 3.63) is 83.2 Å². The van der Waals surface area contributed by atoms with Gasteiger partial charge in [0.15, 0.2) is 0 Å². The van der Waals surface area contributed by atoms with Gasteiger partial charge in [0.25, 0.3) is 0 Å². The predicted molar refractivity (Wildman–Crippen MR) is 120 cm³/mol. The highest BCUT2D eigenvalue weighted by molar-refractivity contribution is 5.95. The van der Waals surface area contributed by atoms with Crippen molar-refractivity contribution in [2.45, 2.75) is 26.3 Å². The molecule has 0 radical (unpaired) electrons. The van der Waals surface area contributed by atoms with Crippen molar-refractivity contribution in [2.75, 3.05) is 13.2 Å². The summed E-state index contributed by atoms with van der Waals surface area (Å²) in [4.78, 5) is 37.5. The third-order valence-electron chi connectivity index (χ3n) is 5.08. The van der Waals surface area contributed by atoms with Crippen LogP contribution in [-0.4, -0.2) is 41.0 Å². The van der Waals surface area contributed by atoms with E-state index in [1.165, 1.54) is 0 Å². The van der Waals surface area contributed by atoms with E-state index in [4.69, 9.17) is 13.9 Å². The Labute approximate surface area is 195 Å². The number of urea groups is 1. The van der Waals surface area contributed by atoms with Gasteiger partial charge in [-0.15, -0.1) is 0 Å². The second-order valence-corrected chi connectivity index (χ2v) is 7.56. The van der Waals surface area contributed by atoms with Crippen LogP contribution >= 0.6 is 0 Å². The molecule has 1 aliphatic rings. The van der Waals surface area contributed by atoms with Crippen molar-refractivity contribution in [2.24, 2.45) is 0 Å². The summed E-state index contributed by atoms with van der Waals surface area (Å²) in [5.74, 6) is -0.201. The van der Waals surface area contributed by atoms with E-state index >= 15 is 0 Å². The Morgan fingerprint density at radius 2 is 1.94 bits per heavy atom. The van der Waals surface area contributed by atoms with Crippen molar-refractivity contribution in [3.63, 3.8) is 0 Å². The number of benzene rings is 1. The molecule has 2 N–H and O–H groups in total. The van der Waals surface area contributed by atoms with Crippen molar-refractivity contribution in [1.29, 1.82) is 0 Å². The number of carbonyl (C=O) groups is 3. The number of nitrogens with zero attached hydrogens (tertiary/aromatic N) is 2. The van der Waals surface area contributed by atoms with Crippen LogP contribution in [0.5, 0.6) is 0 Å². The number of amides is 2. The highest BCUT2D eigenvalue weighted by Gasteiger charge is 2.36. The van der Waals surface area contributed by atoms with Crippen molar-refractivity contribution in [1.82, 2.24) is 20.4 Å². The van der Waals surface area contributed by atoms with E-state index in [0.29, 0.717) is 17.1 Å². The summed E-state index contributed by atoms with van der Waals surface area (Å²) in [7, 11) is 0. The first-order valence-corrected chi connectivity index (χ1v) is 10.7. The van der Waals surface area contributed by atoms with Gasteiger partial charge in [-0.25, -0.2) is 14.3 Å². The van der Waals surface area contributed by atoms with Gasteiger partial charge in [-0.3, -0.25) is 4.79 Å². The Balaban J connectivity index is 1.49. The minimum atomic E-state index is -0.876. The largest absolute Gasteiger partial charge is 0.464 e. The molecule has 10 nitrogen and oxygen atoms in total. The molecule has 34 heavy (non-hydrogen) atoms. The zero-order valence-electron chi connectivity index (χ0n) is 18.7. The quantitative estimate of drug-likeness (QED) is 0.491. The molecule has 0 unspecified atom stereocenters. The maximum atomic E-state index is 12.7. The molecule has 3 aromatic rings. The Hall–Kier alpha value is -4.34. The number of hydrogen-bond donors (Lipinski definition) is 2. The summed E-state index contributed by atoms with van der Waals surface area (Å²) >= 11 is 0. The highest BCUT2D eigenvalue weighted by atomic mass is 16.5. The van der Waals surface area contributed by atoms with E-state index in [0.717, 1.165) is 5.69 Å². The molecule has 4 rings (SSSR count). The van der Waals surface area contributed by atoms with E-state index < -0.39 is 24.0 Å². The van der Waals surface area contributed by atoms with Crippen LogP contribution in [-0.2, 0) is 25.5 Å². The summed E-state index contributed by atoms with van der Waals surface area (Å²) < 4.78 is 17.8. The van der Waals surface area contributed by atoms with Gasteiger partial charge in [0.1, 0.15) is 24.2 Å². The fourth-order valence-corrected chi connectivity index (χ4v) is 3.55. The predicted octanol–water partition coefficient (Wildman–Crippen LogP) is 2.73. The number of ether oxygens (including phenoxy) is 2. The summed E-state index contributed by atoms with van der Waals surface area (Å²) in [5.41, 5.74) is 1.77. The maximum absolute atomic E-state index is 12.7. The molecule has 0 fully saturated rings. The lowest BCUT2D eigenvalue weighted by Gasteiger charge is -2.27. The van der Waals surface area contributed by atoms with Gasteiger partial charge in [-0.1, -0.05) is 18.2 Å². The number of rotatable bonds is 8. The Morgan fingerprint density at radius 3 is 2.65 bits per heavy atom. The van der Waals surface area contributed by atoms with Crippen LogP contribution in [0.15, 0.2) is 70.5 Å². The lowest BCUT2D eigenvalue weighted by molar-refractivity contribution is -0.143. The minimum Gasteiger partial charge on any atom is -0.464 e. The summed E-state index contributed by atoms with van der Waals surface area (Å²) in [6, 6.07) is 11.4. The number of aromatic nitrogens is 2. The lowest BCUT2D eigenvalue weighted by atomic mass is 10.0. The number of esters is 2. The Morgan fingerprint density at radius 1 is 1.15 bits per heavy atom. The van der Waals surface area contributed by atoms with Crippen molar-refractivity contribution in [3.8, 4) is 5.69 Å². The number of aryl methyl sites for hydroxylation is 1. The van der Waals surface area contributed by atoms with Gasteiger partial charge in [0.2, 0.25) is 0 Å². The Bertz CT molecular complexity index is 1230. The number of para-hydroxylation sites is 1. The third-order valence-corrected chi connectivity index (χ3v) is 5.08. The zero-order valence-corrected chi connectivity index (χ0v) is 18.7. The van der Waals surface area contributed by atoms with Gasteiger partial charge in [-0.2, -0.15) is 5.10 Å². The number of nitrogens with one attached hydrogen (secondary N) is 2. The summed E-state index contributed by atoms with van der Waals surface area (Å²) in [6.45, 7) is 3.25. The molecule has 2 aromatic heterocycles. The first-order chi connectivity index (χ1) is 16.4. The normalized spacial score (nSPS) is 15.5. The second kappa shape index (κ2) is 10.1. The van der Waals surface area contributed by atoms with E-state index in [1.54, 1.807) is 43.1 Å². The van der Waals surface area contributed by atoms with Crippen molar-refractivity contribution < 1.29 is 28.3 Å². The molecule has 0 aliphatic carbocycles. The first kappa shape index (κ1) is 22.8. The fourth-order valence-electron chi connectivity index (χ4n) is 3.55. The average Bonchev–Trinajstić information content (AvgIpc) is 3.47. The van der Waals surface area contributed by atoms with E-state index in [2.05, 4.69) is 15.7 Å². The number of hydrogen-bond acceptors (Lipinski definition) is 7. The standard InChI is InChI=1S/C24H24N4O6/c1-3-32-23(30)21-18(26-24(31)27-22(21)19-10-9-15(2)34-19)14-33-20(29)11-16-12-25-28(13-16)17-7-5-4-6-8-17/h4-10,12-13,22H,3,11,14H2,1-2H3,(H2,26,27,31)/t22-/m0/s1. The molecule has 1 aromatic carbocycles. The van der Waals surface area contributed by atoms with Crippen LogP contribution in [0, 0.1) is 6.92 Å². The SMILES string of the molecule is CCOC(=O)C1=C(COC(=O)Cc2cnn(-c3ccccc3)c2)NC(=O)N[C@H]1c1ccc(C)o1. The van der Waals surface area contributed by atoms with Gasteiger partial charge < -0.3 is 24.5 Å². The molecule has 10 heteroatoms. The zero-order chi connectivity index (χ0) is 24.1. The smallest absolute Gasteiger partial charge is 0.338 e. The second-order valence-electron chi connectivity index (χ2n) is 7.56. The van der Waals surface area contributed by atoms with E-state index in [9.17, 15) is 14.4 Å². The van der Waals surface area contributed by atoms with Crippen LogP contribution in [0.2, 0.25) is 0 Å². The topological polar surface area (TPSA) is 125 Å². The molecule has 0 saturated carbocycles. The average molecular weight is 464 g/mol. The third kappa shape index (κ3) is 5.17. The van der Waals surface area contributed by atoms with Gasteiger partial charge in [0.05, 0.1) is 36.2 Å². The van der Waals surface area contributed by atoms with E-state index in [1.807, 2.05) is 30.3 Å². The molecule has 0 spiro atoms. The molecule has 1 aliphatic heterocycles. The van der Waals surface area contributed by atoms with Crippen molar-refractivity contribution >= 4 is 18.0 Å². The number of furan rings is 1. The summed E-state index contributed by atoms with van der Waals surface area (Å²) in [5, 5.41) is 9.47. The van der Waals surface area contributed by atoms with Crippen LogP contribution in [0.25, 0.3) is 5.69 Å². The van der Waals surface area contributed by atoms with Crippen LogP contribution in [0.4, 0.5) is 4.79 Å². The molecule has 1 atom stereocenters. The minimum absolute atomic E-state index is 0.0259. The fraction of sp³-hybridized carbons (Fsp3) is 0.250. The molecule has 0 bridgehead atoms. The lowest BCUT2D eigenvalue weighted by Crippen LogP contribution is -2.47. The van der Waals surface area contributed by atoms with Crippen LogP contribution < -0.4 is 10.6 Å². The monoisotopic (exact) mass is 464 g/mol. The molecule has 176 valence electrons. The maximum Gasteiger partial charge on any atom is 0.338 e. The Kier molecular flexibility index (Phi) is 6.77. The molecular formula is C24H24N4O6. The first-order valence-electron chi connectivity index (χ1n) is 10.7. The molecule has 0 saturated heterocycles. The number of carbonyl (C=O) groups excluding carboxylic acids is 3. The van der Waals surface area contributed by atoms with E-state index in [-0.39, 0.29) is 30.9 Å². The van der Waals surface area contributed by atoms with Crippen LogP contribution in [0.1, 0.15) is 30.0 Å². The van der Waals surface area contributed by atoms with Gasteiger partial charge in [-0.05, 0) is 38.1 Å². The highest BCUT2D eigenvalue weighted by Crippen LogP contribution is 2.29. The van der Waals surface area contributed by atoms with Gasteiger partial charge >= 0.3 is 18.0 Å². The van der Waals surface area contributed by atoms with Crippen LogP contribution in [0.3, 0.4) is 0 Å². The molecular weight excluding hydrogens is 440 g/mol. The molecule has 2 amide bonds. The van der Waals surface area contributed by atoms with Gasteiger partial charge in [0, 0.05) is 11.8 Å². The molecule has 3 heterocycles.